The Morgan fingerprint density at radius 2 is 2.33 bits per heavy atom. The molecule has 0 heterocycles. The molecule has 1 atom stereocenters. The summed E-state index contributed by atoms with van der Waals surface area (Å²) in [6, 6.07) is 0. The zero-order chi connectivity index (χ0) is 8.97. The smallest absolute Gasteiger partial charge is 0.333 e. The minimum Gasteiger partial charge on any atom is -0.459 e. The normalized spacial score (nSPS) is 21.9. The van der Waals surface area contributed by atoms with Gasteiger partial charge in [-0.15, -0.1) is 0 Å². The van der Waals surface area contributed by atoms with E-state index in [1.54, 1.807) is 6.92 Å². The topological polar surface area (TPSA) is 26.3 Å². The first-order valence-electron chi connectivity index (χ1n) is 4.21. The van der Waals surface area contributed by atoms with Crippen LogP contribution < -0.4 is 0 Å². The van der Waals surface area contributed by atoms with E-state index >= 15 is 0 Å². The summed E-state index contributed by atoms with van der Waals surface area (Å²) in [5.41, 5.74) is 0.476. The molecule has 2 nitrogen and oxygen atoms in total. The van der Waals surface area contributed by atoms with Crippen molar-refractivity contribution in [3.05, 3.63) is 24.3 Å². The van der Waals surface area contributed by atoms with E-state index in [9.17, 15) is 4.79 Å². The Hall–Kier alpha value is -1.05. The van der Waals surface area contributed by atoms with Crippen molar-refractivity contribution in [2.45, 2.75) is 32.3 Å². The first kappa shape index (κ1) is 9.04. The van der Waals surface area contributed by atoms with Crippen LogP contribution in [0.4, 0.5) is 0 Å². The third-order valence-corrected chi connectivity index (χ3v) is 1.84. The molecule has 12 heavy (non-hydrogen) atoms. The van der Waals surface area contributed by atoms with Crippen molar-refractivity contribution >= 4 is 5.97 Å². The maximum Gasteiger partial charge on any atom is 0.333 e. The predicted molar refractivity (Wildman–Crippen MR) is 47.7 cm³/mol. The van der Waals surface area contributed by atoms with Crippen LogP contribution in [0.2, 0.25) is 0 Å². The molecule has 0 saturated heterocycles. The van der Waals surface area contributed by atoms with E-state index in [0.717, 1.165) is 19.3 Å². The molecule has 0 saturated carbocycles. The monoisotopic (exact) mass is 166 g/mol. The second-order valence-corrected chi connectivity index (χ2v) is 3.09. The van der Waals surface area contributed by atoms with Gasteiger partial charge in [0, 0.05) is 12.0 Å². The summed E-state index contributed by atoms with van der Waals surface area (Å²) in [4.78, 5) is 11.1. The summed E-state index contributed by atoms with van der Waals surface area (Å²) in [7, 11) is 0. The minimum absolute atomic E-state index is 0.0687. The summed E-state index contributed by atoms with van der Waals surface area (Å²) in [6.07, 6.45) is 7.03. The van der Waals surface area contributed by atoms with Gasteiger partial charge in [0.2, 0.25) is 0 Å². The van der Waals surface area contributed by atoms with Crippen molar-refractivity contribution in [1.82, 2.24) is 0 Å². The Balaban J connectivity index is 2.35. The lowest BCUT2D eigenvalue weighted by atomic mass is 10.0. The fraction of sp³-hybridized carbons (Fsp3) is 0.500. The van der Waals surface area contributed by atoms with Gasteiger partial charge in [0.15, 0.2) is 0 Å². The Morgan fingerprint density at radius 1 is 1.58 bits per heavy atom. The molecule has 0 spiro atoms. The maximum atomic E-state index is 11.1. The molecule has 0 amide bonds. The third kappa shape index (κ3) is 2.53. The van der Waals surface area contributed by atoms with Gasteiger partial charge in [-0.2, -0.15) is 0 Å². The lowest BCUT2D eigenvalue weighted by Gasteiger charge is -2.18. The van der Waals surface area contributed by atoms with Gasteiger partial charge in [0.05, 0.1) is 0 Å². The molecular weight excluding hydrogens is 152 g/mol. The molecule has 2 heteroatoms. The van der Waals surface area contributed by atoms with E-state index in [1.165, 1.54) is 0 Å². The largest absolute Gasteiger partial charge is 0.459 e. The zero-order valence-corrected chi connectivity index (χ0v) is 7.38. The van der Waals surface area contributed by atoms with Crippen LogP contribution in [0.1, 0.15) is 26.2 Å². The van der Waals surface area contributed by atoms with E-state index in [1.807, 2.05) is 0 Å². The van der Waals surface area contributed by atoms with Crippen molar-refractivity contribution in [3.8, 4) is 0 Å². The van der Waals surface area contributed by atoms with Crippen LogP contribution in [0.5, 0.6) is 0 Å². The SMILES string of the molecule is C=C(C)C(=O)OC1CC=CCC1. The average Bonchev–Trinajstić information content (AvgIpc) is 2.06. The van der Waals surface area contributed by atoms with Gasteiger partial charge in [-0.25, -0.2) is 4.79 Å². The number of hydrogen-bond donors (Lipinski definition) is 0. The molecule has 0 N–H and O–H groups in total. The molecule has 1 unspecified atom stereocenters. The van der Waals surface area contributed by atoms with E-state index in [2.05, 4.69) is 18.7 Å². The van der Waals surface area contributed by atoms with Crippen molar-refractivity contribution in [1.29, 1.82) is 0 Å². The molecule has 66 valence electrons. The molecule has 0 aromatic rings. The summed E-state index contributed by atoms with van der Waals surface area (Å²) in [5, 5.41) is 0. The number of hydrogen-bond acceptors (Lipinski definition) is 2. The molecule has 0 fully saturated rings. The number of esters is 1. The summed E-state index contributed by atoms with van der Waals surface area (Å²) in [5.74, 6) is -0.268. The summed E-state index contributed by atoms with van der Waals surface area (Å²) in [6.45, 7) is 5.20. The highest BCUT2D eigenvalue weighted by atomic mass is 16.5. The third-order valence-electron chi connectivity index (χ3n) is 1.84. The van der Waals surface area contributed by atoms with Gasteiger partial charge in [0.25, 0.3) is 0 Å². The van der Waals surface area contributed by atoms with Crippen molar-refractivity contribution in [2.24, 2.45) is 0 Å². The number of rotatable bonds is 2. The van der Waals surface area contributed by atoms with Gasteiger partial charge in [-0.1, -0.05) is 18.7 Å². The van der Waals surface area contributed by atoms with E-state index in [0.29, 0.717) is 5.57 Å². The van der Waals surface area contributed by atoms with Gasteiger partial charge < -0.3 is 4.74 Å². The standard InChI is InChI=1S/C10H14O2/c1-8(2)10(11)12-9-6-4-3-5-7-9/h3-4,9H,1,5-7H2,2H3. The van der Waals surface area contributed by atoms with Gasteiger partial charge >= 0.3 is 5.97 Å². The van der Waals surface area contributed by atoms with Crippen molar-refractivity contribution in [2.75, 3.05) is 0 Å². The number of carbonyl (C=O) groups excluding carboxylic acids is 1. The minimum atomic E-state index is -0.268. The maximum absolute atomic E-state index is 11.1. The first-order chi connectivity index (χ1) is 5.70. The Labute approximate surface area is 72.9 Å². The molecule has 1 rings (SSSR count). The highest BCUT2D eigenvalue weighted by Gasteiger charge is 2.14. The average molecular weight is 166 g/mol. The summed E-state index contributed by atoms with van der Waals surface area (Å²) >= 11 is 0. The van der Waals surface area contributed by atoms with Crippen LogP contribution >= 0.6 is 0 Å². The van der Waals surface area contributed by atoms with Crippen LogP contribution in [0, 0.1) is 0 Å². The molecule has 1 aliphatic carbocycles. The second-order valence-electron chi connectivity index (χ2n) is 3.09. The molecule has 0 aliphatic heterocycles. The van der Waals surface area contributed by atoms with E-state index in [4.69, 9.17) is 4.74 Å². The molecule has 0 bridgehead atoms. The van der Waals surface area contributed by atoms with Gasteiger partial charge in [-0.05, 0) is 19.8 Å². The Bertz CT molecular complexity index is 216. The van der Waals surface area contributed by atoms with Gasteiger partial charge in [0.1, 0.15) is 6.10 Å². The highest BCUT2D eigenvalue weighted by molar-refractivity contribution is 5.87. The fourth-order valence-corrected chi connectivity index (χ4v) is 1.12. The molecular formula is C10H14O2. The number of carbonyl (C=O) groups is 1. The zero-order valence-electron chi connectivity index (χ0n) is 7.38. The van der Waals surface area contributed by atoms with Crippen LogP contribution in [0.15, 0.2) is 24.3 Å². The lowest BCUT2D eigenvalue weighted by Crippen LogP contribution is -2.19. The van der Waals surface area contributed by atoms with E-state index < -0.39 is 0 Å². The molecule has 0 aromatic heterocycles. The molecule has 0 aromatic carbocycles. The number of ether oxygens (including phenoxy) is 1. The van der Waals surface area contributed by atoms with Crippen LogP contribution in [0.3, 0.4) is 0 Å². The summed E-state index contributed by atoms with van der Waals surface area (Å²) < 4.78 is 5.16. The fourth-order valence-electron chi connectivity index (χ4n) is 1.12. The quantitative estimate of drug-likeness (QED) is 0.357. The Kier molecular flexibility index (Phi) is 3.09. The predicted octanol–water partition coefficient (Wildman–Crippen LogP) is 2.21. The van der Waals surface area contributed by atoms with Crippen LogP contribution in [-0.4, -0.2) is 12.1 Å². The van der Waals surface area contributed by atoms with Gasteiger partial charge in [-0.3, -0.25) is 0 Å². The van der Waals surface area contributed by atoms with Crippen LogP contribution in [0.25, 0.3) is 0 Å². The van der Waals surface area contributed by atoms with E-state index in [-0.39, 0.29) is 12.1 Å². The highest BCUT2D eigenvalue weighted by Crippen LogP contribution is 2.15. The number of allylic oxidation sites excluding steroid dienone is 1. The van der Waals surface area contributed by atoms with Crippen molar-refractivity contribution in [3.63, 3.8) is 0 Å². The lowest BCUT2D eigenvalue weighted by molar-refractivity contribution is -0.144. The second kappa shape index (κ2) is 4.10. The molecule has 0 radical (unpaired) electrons. The van der Waals surface area contributed by atoms with Crippen LogP contribution in [-0.2, 0) is 9.53 Å². The first-order valence-corrected chi connectivity index (χ1v) is 4.21. The Morgan fingerprint density at radius 3 is 2.83 bits per heavy atom. The van der Waals surface area contributed by atoms with Crippen molar-refractivity contribution < 1.29 is 9.53 Å². The molecule has 1 aliphatic rings.